The highest BCUT2D eigenvalue weighted by atomic mass is 35.5. The van der Waals surface area contributed by atoms with Gasteiger partial charge in [-0.25, -0.2) is 0 Å². The largest absolute Gasteiger partial charge is 0.389 e. The molecule has 2 N–H and O–H groups in total. The van der Waals surface area contributed by atoms with Crippen molar-refractivity contribution in [2.45, 2.75) is 56.7 Å². The summed E-state index contributed by atoms with van der Waals surface area (Å²) in [7, 11) is 0. The number of halogens is 2. The van der Waals surface area contributed by atoms with Crippen molar-refractivity contribution >= 4 is 23.2 Å². The number of benzene rings is 1. The van der Waals surface area contributed by atoms with Crippen molar-refractivity contribution < 1.29 is 5.11 Å². The molecule has 0 amide bonds. The summed E-state index contributed by atoms with van der Waals surface area (Å²) in [5.41, 5.74) is 0.570. The molecule has 1 saturated heterocycles. The summed E-state index contributed by atoms with van der Waals surface area (Å²) in [6.07, 6.45) is 6.37. The monoisotopic (exact) mass is 356 g/mol. The predicted molar refractivity (Wildman–Crippen MR) is 96.2 cm³/mol. The lowest BCUT2D eigenvalue weighted by Crippen LogP contribution is -2.49. The molecule has 3 nitrogen and oxygen atoms in total. The van der Waals surface area contributed by atoms with E-state index < -0.39 is 5.60 Å². The summed E-state index contributed by atoms with van der Waals surface area (Å²) < 4.78 is 0. The number of piperidine rings is 1. The smallest absolute Gasteiger partial charge is 0.0774 e. The first-order chi connectivity index (χ1) is 11.1. The first kappa shape index (κ1) is 17.5. The van der Waals surface area contributed by atoms with Crippen LogP contribution in [0.5, 0.6) is 0 Å². The Hall–Kier alpha value is -0.320. The molecule has 3 rings (SSSR count). The van der Waals surface area contributed by atoms with Crippen LogP contribution in [0.3, 0.4) is 0 Å². The zero-order valence-electron chi connectivity index (χ0n) is 13.5. The van der Waals surface area contributed by atoms with E-state index in [4.69, 9.17) is 23.2 Å². The van der Waals surface area contributed by atoms with E-state index in [1.54, 1.807) is 0 Å². The minimum absolute atomic E-state index is 0.507. The first-order valence-electron chi connectivity index (χ1n) is 8.67. The standard InChI is InChI=1S/C18H26Cl2N2O/c19-15-4-3-14(17(20)11-15)12-22(16-5-9-21-10-6-16)13-18(23)7-1-2-8-18/h3-4,11,16,21,23H,1-2,5-10,12-13H2. The lowest BCUT2D eigenvalue weighted by Gasteiger charge is -2.39. The highest BCUT2D eigenvalue weighted by Gasteiger charge is 2.35. The molecule has 23 heavy (non-hydrogen) atoms. The zero-order chi connectivity index (χ0) is 16.3. The molecule has 1 aliphatic heterocycles. The fourth-order valence-electron chi connectivity index (χ4n) is 3.92. The van der Waals surface area contributed by atoms with Crippen LogP contribution in [0.4, 0.5) is 0 Å². The Bertz CT molecular complexity index is 526. The second kappa shape index (κ2) is 7.71. The summed E-state index contributed by atoms with van der Waals surface area (Å²) in [5, 5.41) is 15.7. The number of aliphatic hydroxyl groups is 1. The summed E-state index contributed by atoms with van der Waals surface area (Å²) in [4.78, 5) is 2.45. The van der Waals surface area contributed by atoms with Crippen molar-refractivity contribution in [1.82, 2.24) is 10.2 Å². The van der Waals surface area contributed by atoms with Gasteiger partial charge in [-0.2, -0.15) is 0 Å². The van der Waals surface area contributed by atoms with E-state index in [0.717, 1.165) is 75.3 Å². The molecule has 1 aromatic carbocycles. The lowest BCUT2D eigenvalue weighted by molar-refractivity contribution is -0.0110. The van der Waals surface area contributed by atoms with Gasteiger partial charge in [-0.05, 0) is 56.5 Å². The van der Waals surface area contributed by atoms with E-state index >= 15 is 0 Å². The Balaban J connectivity index is 1.76. The van der Waals surface area contributed by atoms with Gasteiger partial charge < -0.3 is 10.4 Å². The van der Waals surface area contributed by atoms with Crippen LogP contribution in [0.2, 0.25) is 10.0 Å². The van der Waals surface area contributed by atoms with Crippen molar-refractivity contribution in [3.05, 3.63) is 33.8 Å². The predicted octanol–water partition coefficient (Wildman–Crippen LogP) is 3.85. The van der Waals surface area contributed by atoms with Gasteiger partial charge in [-0.1, -0.05) is 42.1 Å². The fraction of sp³-hybridized carbons (Fsp3) is 0.667. The van der Waals surface area contributed by atoms with Crippen LogP contribution in [0.25, 0.3) is 0 Å². The topological polar surface area (TPSA) is 35.5 Å². The Kier molecular flexibility index (Phi) is 5.87. The van der Waals surface area contributed by atoms with Gasteiger partial charge >= 0.3 is 0 Å². The zero-order valence-corrected chi connectivity index (χ0v) is 15.0. The fourth-order valence-corrected chi connectivity index (χ4v) is 4.39. The van der Waals surface area contributed by atoms with E-state index in [0.29, 0.717) is 11.1 Å². The van der Waals surface area contributed by atoms with E-state index in [2.05, 4.69) is 10.2 Å². The normalized spacial score (nSPS) is 21.9. The van der Waals surface area contributed by atoms with Gasteiger partial charge in [0.1, 0.15) is 0 Å². The molecule has 0 aromatic heterocycles. The van der Waals surface area contributed by atoms with E-state index in [-0.39, 0.29) is 0 Å². The average molecular weight is 357 g/mol. The molecular weight excluding hydrogens is 331 g/mol. The Morgan fingerprint density at radius 2 is 1.87 bits per heavy atom. The lowest BCUT2D eigenvalue weighted by atomic mass is 9.97. The second-order valence-electron chi connectivity index (χ2n) is 7.05. The first-order valence-corrected chi connectivity index (χ1v) is 9.42. The highest BCUT2D eigenvalue weighted by molar-refractivity contribution is 6.35. The molecule has 0 unspecified atom stereocenters. The van der Waals surface area contributed by atoms with Gasteiger partial charge in [0, 0.05) is 29.2 Å². The summed E-state index contributed by atoms with van der Waals surface area (Å²) in [6, 6.07) is 6.22. The number of nitrogens with zero attached hydrogens (tertiary/aromatic N) is 1. The third-order valence-electron chi connectivity index (χ3n) is 5.25. The molecule has 0 atom stereocenters. The van der Waals surface area contributed by atoms with Crippen LogP contribution in [-0.4, -0.2) is 41.3 Å². The molecule has 1 heterocycles. The van der Waals surface area contributed by atoms with Gasteiger partial charge in [0.15, 0.2) is 0 Å². The summed E-state index contributed by atoms with van der Waals surface area (Å²) in [5.74, 6) is 0. The second-order valence-corrected chi connectivity index (χ2v) is 7.90. The number of hydrogen-bond donors (Lipinski definition) is 2. The van der Waals surface area contributed by atoms with Crippen LogP contribution >= 0.6 is 23.2 Å². The van der Waals surface area contributed by atoms with Crippen LogP contribution in [0, 0.1) is 0 Å². The van der Waals surface area contributed by atoms with Gasteiger partial charge in [-0.15, -0.1) is 0 Å². The van der Waals surface area contributed by atoms with Gasteiger partial charge in [0.05, 0.1) is 5.60 Å². The maximum atomic E-state index is 10.9. The summed E-state index contributed by atoms with van der Waals surface area (Å²) in [6.45, 7) is 3.63. The molecule has 2 aliphatic rings. The molecular formula is C18H26Cl2N2O. The van der Waals surface area contributed by atoms with Crippen molar-refractivity contribution in [2.75, 3.05) is 19.6 Å². The van der Waals surface area contributed by atoms with Crippen LogP contribution in [-0.2, 0) is 6.54 Å². The molecule has 1 aromatic rings. The number of hydrogen-bond acceptors (Lipinski definition) is 3. The number of nitrogens with one attached hydrogen (secondary N) is 1. The molecule has 0 radical (unpaired) electrons. The Morgan fingerprint density at radius 1 is 1.17 bits per heavy atom. The Labute approximate surface area is 149 Å². The van der Waals surface area contributed by atoms with Crippen LogP contribution in [0.15, 0.2) is 18.2 Å². The molecule has 5 heteroatoms. The van der Waals surface area contributed by atoms with Gasteiger partial charge in [0.25, 0.3) is 0 Å². The van der Waals surface area contributed by atoms with Crippen molar-refractivity contribution in [1.29, 1.82) is 0 Å². The van der Waals surface area contributed by atoms with E-state index in [9.17, 15) is 5.11 Å². The number of rotatable bonds is 5. The maximum absolute atomic E-state index is 10.9. The van der Waals surface area contributed by atoms with Crippen molar-refractivity contribution in [3.8, 4) is 0 Å². The average Bonchev–Trinajstić information content (AvgIpc) is 2.96. The quantitative estimate of drug-likeness (QED) is 0.840. The Morgan fingerprint density at radius 3 is 2.52 bits per heavy atom. The molecule has 2 fully saturated rings. The van der Waals surface area contributed by atoms with Crippen LogP contribution < -0.4 is 5.32 Å². The third-order valence-corrected chi connectivity index (χ3v) is 5.83. The summed E-state index contributed by atoms with van der Waals surface area (Å²) >= 11 is 12.4. The molecule has 128 valence electrons. The van der Waals surface area contributed by atoms with Crippen molar-refractivity contribution in [3.63, 3.8) is 0 Å². The molecule has 1 aliphatic carbocycles. The van der Waals surface area contributed by atoms with Crippen LogP contribution in [0.1, 0.15) is 44.1 Å². The van der Waals surface area contributed by atoms with Gasteiger partial charge in [-0.3, -0.25) is 4.90 Å². The minimum Gasteiger partial charge on any atom is -0.389 e. The minimum atomic E-state index is -0.524. The highest BCUT2D eigenvalue weighted by Crippen LogP contribution is 2.33. The molecule has 1 saturated carbocycles. The molecule has 0 spiro atoms. The maximum Gasteiger partial charge on any atom is 0.0774 e. The molecule has 0 bridgehead atoms. The van der Waals surface area contributed by atoms with Gasteiger partial charge in [0.2, 0.25) is 0 Å². The van der Waals surface area contributed by atoms with E-state index in [1.165, 1.54) is 0 Å². The van der Waals surface area contributed by atoms with E-state index in [1.807, 2.05) is 18.2 Å². The van der Waals surface area contributed by atoms with Crippen molar-refractivity contribution in [2.24, 2.45) is 0 Å². The third kappa shape index (κ3) is 4.61. The SMILES string of the molecule is OC1(CN(Cc2ccc(Cl)cc2Cl)C2CCNCC2)CCCC1.